The number of rotatable bonds is 8. The van der Waals surface area contributed by atoms with Crippen molar-refractivity contribution in [1.82, 2.24) is 15.2 Å². The molecule has 2 amide bonds. The number of furan rings is 1. The van der Waals surface area contributed by atoms with Crippen molar-refractivity contribution in [2.75, 3.05) is 20.2 Å². The minimum Gasteiger partial charge on any atom is -0.467 e. The second-order valence-corrected chi connectivity index (χ2v) is 5.99. The van der Waals surface area contributed by atoms with E-state index in [9.17, 15) is 4.79 Å². The molecular formula is C15H21N3O3S. The van der Waals surface area contributed by atoms with Gasteiger partial charge in [-0.25, -0.2) is 9.78 Å². The summed E-state index contributed by atoms with van der Waals surface area (Å²) in [4.78, 5) is 17.9. The molecule has 0 radical (unpaired) electrons. The average molecular weight is 323 g/mol. The molecule has 0 unspecified atom stereocenters. The second kappa shape index (κ2) is 8.55. The van der Waals surface area contributed by atoms with Gasteiger partial charge in [0.15, 0.2) is 0 Å². The highest BCUT2D eigenvalue weighted by Gasteiger charge is 2.09. The van der Waals surface area contributed by atoms with Gasteiger partial charge >= 0.3 is 6.03 Å². The van der Waals surface area contributed by atoms with Crippen LogP contribution in [0.1, 0.15) is 22.9 Å². The van der Waals surface area contributed by atoms with Crippen molar-refractivity contribution in [2.24, 2.45) is 0 Å². The molecule has 0 spiro atoms. The number of ether oxygens (including phenoxy) is 1. The zero-order valence-electron chi connectivity index (χ0n) is 12.9. The number of hydrogen-bond acceptors (Lipinski definition) is 5. The number of nitrogens with one attached hydrogen (secondary N) is 1. The van der Waals surface area contributed by atoms with E-state index in [0.29, 0.717) is 26.3 Å². The third-order valence-electron chi connectivity index (χ3n) is 2.98. The smallest absolute Gasteiger partial charge is 0.317 e. The van der Waals surface area contributed by atoms with E-state index < -0.39 is 0 Å². The topological polar surface area (TPSA) is 67.6 Å². The minimum atomic E-state index is -0.100. The predicted octanol–water partition coefficient (Wildman–Crippen LogP) is 2.79. The lowest BCUT2D eigenvalue weighted by atomic mass is 10.4. The molecule has 0 aliphatic heterocycles. The SMILES string of the molecule is Cc1nc(CN(C)C(=O)NCCCOCc2ccco2)cs1. The summed E-state index contributed by atoms with van der Waals surface area (Å²) in [6.07, 6.45) is 2.38. The van der Waals surface area contributed by atoms with Gasteiger partial charge in [-0.2, -0.15) is 0 Å². The van der Waals surface area contributed by atoms with Crippen molar-refractivity contribution in [3.05, 3.63) is 40.2 Å². The van der Waals surface area contributed by atoms with Crippen LogP contribution in [0.5, 0.6) is 0 Å². The number of hydrogen-bond donors (Lipinski definition) is 1. The van der Waals surface area contributed by atoms with Gasteiger partial charge in [0.05, 0.1) is 23.5 Å². The van der Waals surface area contributed by atoms with Gasteiger partial charge in [-0.15, -0.1) is 11.3 Å². The Hall–Kier alpha value is -1.86. The summed E-state index contributed by atoms with van der Waals surface area (Å²) >= 11 is 1.59. The first-order chi connectivity index (χ1) is 10.6. The van der Waals surface area contributed by atoms with E-state index in [1.807, 2.05) is 24.4 Å². The monoisotopic (exact) mass is 323 g/mol. The Morgan fingerprint density at radius 3 is 3.09 bits per heavy atom. The predicted molar refractivity (Wildman–Crippen MR) is 84.7 cm³/mol. The molecule has 0 bridgehead atoms. The third kappa shape index (κ3) is 5.50. The minimum absolute atomic E-state index is 0.100. The molecule has 0 fully saturated rings. The molecule has 0 saturated carbocycles. The van der Waals surface area contributed by atoms with Gasteiger partial charge in [0.2, 0.25) is 0 Å². The zero-order chi connectivity index (χ0) is 15.8. The van der Waals surface area contributed by atoms with Crippen LogP contribution in [0.2, 0.25) is 0 Å². The molecule has 0 aliphatic rings. The van der Waals surface area contributed by atoms with Crippen molar-refractivity contribution < 1.29 is 13.9 Å². The van der Waals surface area contributed by atoms with Crippen molar-refractivity contribution in [3.63, 3.8) is 0 Å². The number of urea groups is 1. The molecule has 2 aromatic heterocycles. The van der Waals surface area contributed by atoms with Crippen LogP contribution in [0.3, 0.4) is 0 Å². The summed E-state index contributed by atoms with van der Waals surface area (Å²) < 4.78 is 10.6. The van der Waals surface area contributed by atoms with E-state index in [1.165, 1.54) is 0 Å². The van der Waals surface area contributed by atoms with Crippen molar-refractivity contribution >= 4 is 17.4 Å². The number of carbonyl (C=O) groups is 1. The Morgan fingerprint density at radius 2 is 2.41 bits per heavy atom. The van der Waals surface area contributed by atoms with E-state index in [2.05, 4.69) is 10.3 Å². The quantitative estimate of drug-likeness (QED) is 0.759. The van der Waals surface area contributed by atoms with E-state index in [4.69, 9.17) is 9.15 Å². The maximum Gasteiger partial charge on any atom is 0.317 e. The first-order valence-corrected chi connectivity index (χ1v) is 8.03. The van der Waals surface area contributed by atoms with Crippen LogP contribution in [-0.2, 0) is 17.9 Å². The lowest BCUT2D eigenvalue weighted by Crippen LogP contribution is -2.37. The van der Waals surface area contributed by atoms with Gasteiger partial charge in [-0.3, -0.25) is 0 Å². The molecule has 2 aromatic rings. The normalized spacial score (nSPS) is 10.6. The Bertz CT molecular complexity index is 568. The summed E-state index contributed by atoms with van der Waals surface area (Å²) in [7, 11) is 1.76. The Labute approximate surface area is 134 Å². The third-order valence-corrected chi connectivity index (χ3v) is 3.80. The van der Waals surface area contributed by atoms with Gasteiger partial charge < -0.3 is 19.4 Å². The molecule has 0 aliphatic carbocycles. The van der Waals surface area contributed by atoms with Crippen LogP contribution in [0.4, 0.5) is 4.79 Å². The molecule has 0 aromatic carbocycles. The summed E-state index contributed by atoms with van der Waals surface area (Å²) in [5, 5.41) is 5.85. The van der Waals surface area contributed by atoms with Crippen LogP contribution < -0.4 is 5.32 Å². The number of aromatic nitrogens is 1. The lowest BCUT2D eigenvalue weighted by Gasteiger charge is -2.16. The van der Waals surface area contributed by atoms with E-state index in [-0.39, 0.29) is 6.03 Å². The summed E-state index contributed by atoms with van der Waals surface area (Å²) in [6.45, 7) is 4.10. The number of nitrogens with zero attached hydrogens (tertiary/aromatic N) is 2. The summed E-state index contributed by atoms with van der Waals surface area (Å²) in [6, 6.07) is 3.60. The molecule has 7 heteroatoms. The van der Waals surface area contributed by atoms with E-state index in [0.717, 1.165) is 22.9 Å². The fourth-order valence-electron chi connectivity index (χ4n) is 1.87. The highest BCUT2D eigenvalue weighted by molar-refractivity contribution is 7.09. The summed E-state index contributed by atoms with van der Waals surface area (Å²) in [5.41, 5.74) is 0.918. The Morgan fingerprint density at radius 1 is 1.55 bits per heavy atom. The van der Waals surface area contributed by atoms with Gasteiger partial charge in [0, 0.05) is 25.6 Å². The molecular weight excluding hydrogens is 302 g/mol. The fourth-order valence-corrected chi connectivity index (χ4v) is 2.47. The first-order valence-electron chi connectivity index (χ1n) is 7.15. The number of thiazole rings is 1. The molecule has 22 heavy (non-hydrogen) atoms. The van der Waals surface area contributed by atoms with Crippen LogP contribution in [0.25, 0.3) is 0 Å². The number of aryl methyl sites for hydroxylation is 1. The molecule has 0 saturated heterocycles. The second-order valence-electron chi connectivity index (χ2n) is 4.93. The van der Waals surface area contributed by atoms with Crippen molar-refractivity contribution in [1.29, 1.82) is 0 Å². The average Bonchev–Trinajstić information content (AvgIpc) is 3.14. The molecule has 0 atom stereocenters. The Kier molecular flexibility index (Phi) is 6.42. The van der Waals surface area contributed by atoms with Crippen molar-refractivity contribution in [3.8, 4) is 0 Å². The number of carbonyl (C=O) groups excluding carboxylic acids is 1. The van der Waals surface area contributed by atoms with Gasteiger partial charge in [-0.05, 0) is 25.5 Å². The van der Waals surface area contributed by atoms with Gasteiger partial charge in [0.25, 0.3) is 0 Å². The molecule has 120 valence electrons. The van der Waals surface area contributed by atoms with Crippen molar-refractivity contribution in [2.45, 2.75) is 26.5 Å². The molecule has 1 N–H and O–H groups in total. The van der Waals surface area contributed by atoms with Crippen LogP contribution in [-0.4, -0.2) is 36.1 Å². The molecule has 2 heterocycles. The Balaban J connectivity index is 1.55. The lowest BCUT2D eigenvalue weighted by molar-refractivity contribution is 0.104. The molecule has 2 rings (SSSR count). The van der Waals surface area contributed by atoms with E-state index >= 15 is 0 Å². The van der Waals surface area contributed by atoms with Crippen LogP contribution >= 0.6 is 11.3 Å². The van der Waals surface area contributed by atoms with Crippen LogP contribution in [0, 0.1) is 6.92 Å². The zero-order valence-corrected chi connectivity index (χ0v) is 13.7. The largest absolute Gasteiger partial charge is 0.467 e. The highest BCUT2D eigenvalue weighted by atomic mass is 32.1. The van der Waals surface area contributed by atoms with E-state index in [1.54, 1.807) is 29.5 Å². The first kappa shape index (κ1) is 16.5. The molecule has 6 nitrogen and oxygen atoms in total. The standard InChI is InChI=1S/C15H21N3O3S/c1-12-17-13(11-22-12)9-18(2)15(19)16-6-4-7-20-10-14-5-3-8-21-14/h3,5,8,11H,4,6-7,9-10H2,1-2H3,(H,16,19). The fraction of sp³-hybridized carbons (Fsp3) is 0.467. The maximum atomic E-state index is 11.9. The highest BCUT2D eigenvalue weighted by Crippen LogP contribution is 2.09. The van der Waals surface area contributed by atoms with Gasteiger partial charge in [0.1, 0.15) is 12.4 Å². The van der Waals surface area contributed by atoms with Crippen LogP contribution in [0.15, 0.2) is 28.2 Å². The maximum absolute atomic E-state index is 11.9. The van der Waals surface area contributed by atoms with Gasteiger partial charge in [-0.1, -0.05) is 0 Å². The summed E-state index contributed by atoms with van der Waals surface area (Å²) in [5.74, 6) is 0.808. The number of amides is 2.